The van der Waals surface area contributed by atoms with Crippen molar-refractivity contribution in [2.45, 2.75) is 37.8 Å². The van der Waals surface area contributed by atoms with Gasteiger partial charge in [0.1, 0.15) is 0 Å². The van der Waals surface area contributed by atoms with Crippen molar-refractivity contribution in [2.75, 3.05) is 0 Å². The third-order valence-electron chi connectivity index (χ3n) is 4.72. The summed E-state index contributed by atoms with van der Waals surface area (Å²) in [7, 11) is 0. The number of halogens is 3. The predicted molar refractivity (Wildman–Crippen MR) is 79.0 cm³/mol. The fourth-order valence-electron chi connectivity index (χ4n) is 3.34. The molecule has 2 aliphatic carbocycles. The highest BCUT2D eigenvalue weighted by Crippen LogP contribution is 2.48. The Morgan fingerprint density at radius 1 is 1.22 bits per heavy atom. The van der Waals surface area contributed by atoms with Gasteiger partial charge in [0.05, 0.1) is 6.42 Å². The molecule has 2 nitrogen and oxygen atoms in total. The van der Waals surface area contributed by atoms with Crippen molar-refractivity contribution < 1.29 is 22.8 Å². The molecule has 1 unspecified atom stereocenters. The number of carbonyl (C=O) groups is 2. The van der Waals surface area contributed by atoms with E-state index in [0.717, 1.165) is 5.57 Å². The molecule has 0 aromatic heterocycles. The highest BCUT2D eigenvalue weighted by Gasteiger charge is 2.42. The summed E-state index contributed by atoms with van der Waals surface area (Å²) < 4.78 is 36.9. The summed E-state index contributed by atoms with van der Waals surface area (Å²) in [5, 5.41) is 0. The second kappa shape index (κ2) is 5.18. The van der Waals surface area contributed by atoms with Gasteiger partial charge in [-0.1, -0.05) is 48.9 Å². The van der Waals surface area contributed by atoms with E-state index in [9.17, 15) is 22.8 Å². The minimum atomic E-state index is -4.96. The zero-order valence-electron chi connectivity index (χ0n) is 12.5. The molecule has 1 aromatic carbocycles. The molecule has 23 heavy (non-hydrogen) atoms. The number of rotatable bonds is 3. The van der Waals surface area contributed by atoms with Crippen LogP contribution in [0.25, 0.3) is 0 Å². The Morgan fingerprint density at radius 3 is 2.61 bits per heavy atom. The van der Waals surface area contributed by atoms with E-state index < -0.39 is 24.2 Å². The van der Waals surface area contributed by atoms with Gasteiger partial charge < -0.3 is 0 Å². The first kappa shape index (κ1) is 15.7. The lowest BCUT2D eigenvalue weighted by Crippen LogP contribution is -2.27. The topological polar surface area (TPSA) is 34.1 Å². The lowest BCUT2D eigenvalue weighted by atomic mass is 9.73. The van der Waals surface area contributed by atoms with Crippen molar-refractivity contribution in [3.8, 4) is 0 Å². The van der Waals surface area contributed by atoms with E-state index in [1.54, 1.807) is 12.2 Å². The number of Topliss-reactive ketones (excluding diaryl/α,β-unsaturated/α-hetero) is 2. The Hall–Kier alpha value is -2.17. The zero-order chi connectivity index (χ0) is 16.8. The first-order valence-corrected chi connectivity index (χ1v) is 7.34. The number of fused-ring (bicyclic) bond motifs is 3. The molecule has 0 saturated carbocycles. The number of allylic oxidation sites excluding steroid dienone is 4. The molecule has 0 radical (unpaired) electrons. The van der Waals surface area contributed by atoms with Crippen LogP contribution < -0.4 is 0 Å². The number of hydrogen-bond donors (Lipinski definition) is 0. The van der Waals surface area contributed by atoms with Gasteiger partial charge in [-0.3, -0.25) is 9.59 Å². The van der Waals surface area contributed by atoms with Gasteiger partial charge in [0.25, 0.3) is 0 Å². The molecule has 3 rings (SSSR count). The lowest BCUT2D eigenvalue weighted by molar-refractivity contribution is -0.171. The summed E-state index contributed by atoms with van der Waals surface area (Å²) in [6.45, 7) is 2.07. The van der Waals surface area contributed by atoms with Crippen LogP contribution in [-0.2, 0) is 21.4 Å². The van der Waals surface area contributed by atoms with Crippen molar-refractivity contribution in [3.63, 3.8) is 0 Å². The summed E-state index contributed by atoms with van der Waals surface area (Å²) in [6, 6.07) is 7.97. The summed E-state index contributed by atoms with van der Waals surface area (Å²) in [5.41, 5.74) is 3.39. The van der Waals surface area contributed by atoms with Gasteiger partial charge in [-0.15, -0.1) is 0 Å². The molecular formula is C18H15F3O2. The smallest absolute Gasteiger partial charge is 0.294 e. The third kappa shape index (κ3) is 2.64. The average Bonchev–Trinajstić information content (AvgIpc) is 2.78. The molecule has 0 spiro atoms. The van der Waals surface area contributed by atoms with E-state index in [4.69, 9.17) is 0 Å². The molecule has 0 amide bonds. The van der Waals surface area contributed by atoms with E-state index >= 15 is 0 Å². The monoisotopic (exact) mass is 320 g/mol. The van der Waals surface area contributed by atoms with Gasteiger partial charge in [0.15, 0.2) is 5.78 Å². The van der Waals surface area contributed by atoms with E-state index in [2.05, 4.69) is 6.92 Å². The van der Waals surface area contributed by atoms with Crippen molar-refractivity contribution in [3.05, 3.63) is 58.7 Å². The van der Waals surface area contributed by atoms with Crippen LogP contribution in [0.4, 0.5) is 13.2 Å². The first-order valence-electron chi connectivity index (χ1n) is 7.34. The fourth-order valence-corrected chi connectivity index (χ4v) is 3.34. The molecule has 0 N–H and O–H groups in total. The number of hydrogen-bond acceptors (Lipinski definition) is 2. The van der Waals surface area contributed by atoms with Gasteiger partial charge in [-0.25, -0.2) is 0 Å². The van der Waals surface area contributed by atoms with Crippen LogP contribution in [0.15, 0.2) is 47.6 Å². The molecule has 0 fully saturated rings. The Morgan fingerprint density at radius 2 is 1.91 bits per heavy atom. The lowest BCUT2D eigenvalue weighted by Gasteiger charge is -2.30. The molecule has 0 heterocycles. The number of ketones is 2. The Balaban J connectivity index is 1.83. The summed E-state index contributed by atoms with van der Waals surface area (Å²) >= 11 is 0. The van der Waals surface area contributed by atoms with E-state index in [1.165, 1.54) is 11.1 Å². The maximum absolute atomic E-state index is 12.3. The van der Waals surface area contributed by atoms with Gasteiger partial charge in [0.2, 0.25) is 5.78 Å². The highest BCUT2D eigenvalue weighted by molar-refractivity contribution is 6.10. The van der Waals surface area contributed by atoms with Crippen LogP contribution in [0.2, 0.25) is 0 Å². The Bertz CT molecular complexity index is 756. The maximum atomic E-state index is 12.3. The molecule has 0 aliphatic heterocycles. The number of carbonyl (C=O) groups excluding carboxylic acids is 2. The van der Waals surface area contributed by atoms with E-state index in [0.29, 0.717) is 12.8 Å². The maximum Gasteiger partial charge on any atom is 0.450 e. The minimum absolute atomic E-state index is 0.211. The van der Waals surface area contributed by atoms with Gasteiger partial charge >= 0.3 is 6.18 Å². The molecule has 0 bridgehead atoms. The zero-order valence-corrected chi connectivity index (χ0v) is 12.5. The molecule has 120 valence electrons. The van der Waals surface area contributed by atoms with Crippen LogP contribution in [-0.4, -0.2) is 17.7 Å². The summed E-state index contributed by atoms with van der Waals surface area (Å²) in [6.07, 6.45) is -1.53. The Labute approximate surface area is 131 Å². The van der Waals surface area contributed by atoms with Crippen LogP contribution >= 0.6 is 0 Å². The van der Waals surface area contributed by atoms with Crippen LogP contribution in [0.3, 0.4) is 0 Å². The second-order valence-corrected chi connectivity index (χ2v) is 6.22. The molecule has 5 heteroatoms. The van der Waals surface area contributed by atoms with Gasteiger partial charge in [-0.2, -0.15) is 13.2 Å². The van der Waals surface area contributed by atoms with Crippen molar-refractivity contribution in [2.24, 2.45) is 0 Å². The second-order valence-electron chi connectivity index (χ2n) is 6.22. The fraction of sp³-hybridized carbons (Fsp3) is 0.333. The summed E-state index contributed by atoms with van der Waals surface area (Å²) in [5.74, 6) is -2.76. The quantitative estimate of drug-likeness (QED) is 0.793. The minimum Gasteiger partial charge on any atom is -0.294 e. The molecular weight excluding hydrogens is 305 g/mol. The van der Waals surface area contributed by atoms with Crippen LogP contribution in [0.5, 0.6) is 0 Å². The van der Waals surface area contributed by atoms with E-state index in [1.807, 2.05) is 24.3 Å². The van der Waals surface area contributed by atoms with Crippen molar-refractivity contribution in [1.82, 2.24) is 0 Å². The van der Waals surface area contributed by atoms with Crippen molar-refractivity contribution in [1.29, 1.82) is 0 Å². The highest BCUT2D eigenvalue weighted by atomic mass is 19.4. The van der Waals surface area contributed by atoms with Crippen molar-refractivity contribution >= 4 is 11.6 Å². The molecule has 0 saturated heterocycles. The first-order chi connectivity index (χ1) is 10.7. The number of benzene rings is 1. The van der Waals surface area contributed by atoms with Crippen LogP contribution in [0, 0.1) is 0 Å². The standard InChI is InChI=1S/C18H15F3O2/c1-17-7-6-12(15(22)10-16(23)18(19,20)21)9-13(17)8-11-4-2-3-5-14(11)17/h2-6,9H,7-8,10H2,1H3. The van der Waals surface area contributed by atoms with Gasteiger partial charge in [-0.05, 0) is 24.0 Å². The molecule has 2 aliphatic rings. The normalized spacial score (nSPS) is 22.8. The average molecular weight is 320 g/mol. The van der Waals surface area contributed by atoms with Gasteiger partial charge in [0, 0.05) is 11.0 Å². The SMILES string of the molecule is CC12CC=C(C(=O)CC(=O)C(F)(F)F)C=C1Cc1ccccc12. The summed E-state index contributed by atoms with van der Waals surface area (Å²) in [4.78, 5) is 23.0. The molecule has 1 atom stereocenters. The Kier molecular flexibility index (Phi) is 3.54. The van der Waals surface area contributed by atoms with Crippen LogP contribution in [0.1, 0.15) is 30.9 Å². The van der Waals surface area contributed by atoms with E-state index in [-0.39, 0.29) is 11.0 Å². The largest absolute Gasteiger partial charge is 0.450 e. The number of alkyl halides is 3. The predicted octanol–water partition coefficient (Wildman–Crippen LogP) is 3.85. The molecule has 1 aromatic rings. The third-order valence-corrected chi connectivity index (χ3v) is 4.72.